The zero-order valence-electron chi connectivity index (χ0n) is 13.3. The first-order valence-electron chi connectivity index (χ1n) is 6.27. The topological polar surface area (TPSA) is 40.5 Å². The third-order valence-electron chi connectivity index (χ3n) is 2.23. The summed E-state index contributed by atoms with van der Waals surface area (Å²) in [5.41, 5.74) is 0. The van der Waals surface area contributed by atoms with E-state index in [0.29, 0.717) is 0 Å². The van der Waals surface area contributed by atoms with Crippen molar-refractivity contribution in [2.75, 3.05) is 13.2 Å². The number of hydrogen-bond donors (Lipinski definition) is 2. The first-order valence-corrected chi connectivity index (χ1v) is 8.01. The predicted octanol–water partition coefficient (Wildman–Crippen LogP) is 4.09. The van der Waals surface area contributed by atoms with Crippen molar-refractivity contribution in [2.24, 2.45) is 0 Å². The first-order chi connectivity index (χ1) is 9.88. The minimum atomic E-state index is -0.125. The Kier molecular flexibility index (Phi) is 31.5. The summed E-state index contributed by atoms with van der Waals surface area (Å²) < 4.78 is 3.34. The Morgan fingerprint density at radius 3 is 2.09 bits per heavy atom. The second-order valence-electron chi connectivity index (χ2n) is 3.60. The van der Waals surface area contributed by atoms with E-state index in [2.05, 4.69) is 58.8 Å². The zero-order chi connectivity index (χ0) is 15.1. The fourth-order valence-corrected chi connectivity index (χ4v) is 1.41. The van der Waals surface area contributed by atoms with E-state index < -0.39 is 0 Å². The van der Waals surface area contributed by atoms with Gasteiger partial charge in [0, 0.05) is 0 Å². The van der Waals surface area contributed by atoms with Crippen LogP contribution in [0.1, 0.15) is 6.42 Å². The van der Waals surface area contributed by atoms with E-state index in [9.17, 15) is 0 Å². The van der Waals surface area contributed by atoms with Crippen LogP contribution in [-0.2, 0) is 24.2 Å². The molecular formula is C18H25Cl2O2Zr-3. The maximum atomic E-state index is 7.62. The van der Waals surface area contributed by atoms with Gasteiger partial charge in [0.15, 0.2) is 0 Å². The predicted molar refractivity (Wildman–Crippen MR) is 103 cm³/mol. The second-order valence-corrected chi connectivity index (χ2v) is 3.60. The Hall–Kier alpha value is -0.437. The van der Waals surface area contributed by atoms with Crippen LogP contribution in [0.25, 0.3) is 10.8 Å². The van der Waals surface area contributed by atoms with Gasteiger partial charge in [-0.1, -0.05) is 6.07 Å². The molecule has 0 bridgehead atoms. The first kappa shape index (κ1) is 30.4. The van der Waals surface area contributed by atoms with E-state index >= 15 is 0 Å². The van der Waals surface area contributed by atoms with Crippen molar-refractivity contribution in [1.82, 2.24) is 0 Å². The summed E-state index contributed by atoms with van der Waals surface area (Å²) in [7, 11) is 0. The van der Waals surface area contributed by atoms with Crippen molar-refractivity contribution in [3.05, 3.63) is 74.2 Å². The van der Waals surface area contributed by atoms with E-state index in [1.807, 2.05) is 12.2 Å². The Morgan fingerprint density at radius 1 is 1.09 bits per heavy atom. The summed E-state index contributed by atoms with van der Waals surface area (Å²) in [6.07, 6.45) is 10.0. The molecule has 0 spiro atoms. The van der Waals surface area contributed by atoms with Crippen LogP contribution in [0.5, 0.6) is 0 Å². The Bertz CT molecular complexity index is 468. The van der Waals surface area contributed by atoms with Crippen molar-refractivity contribution in [3.63, 3.8) is 0 Å². The number of allylic oxidation sites excluding steroid dienone is 4. The third kappa shape index (κ3) is 16.2. The molecule has 0 amide bonds. The van der Waals surface area contributed by atoms with Gasteiger partial charge in [0.1, 0.15) is 0 Å². The number of rotatable bonds is 1. The Morgan fingerprint density at radius 2 is 1.70 bits per heavy atom. The molecule has 0 saturated carbocycles. The summed E-state index contributed by atoms with van der Waals surface area (Å²) in [6, 6.07) is 14.7. The van der Waals surface area contributed by atoms with E-state index in [4.69, 9.17) is 10.2 Å². The van der Waals surface area contributed by atoms with Crippen LogP contribution in [0.3, 0.4) is 0 Å². The molecule has 2 aromatic rings. The van der Waals surface area contributed by atoms with Crippen molar-refractivity contribution < 1.29 is 34.4 Å². The second kappa shape index (κ2) is 23.8. The Balaban J connectivity index is -0.000000114. The van der Waals surface area contributed by atoms with Crippen LogP contribution in [0.15, 0.2) is 60.7 Å². The molecule has 0 radical (unpaired) electrons. The maximum Gasteiger partial charge on any atom is -0.0809 e. The molecule has 23 heavy (non-hydrogen) atoms. The molecule has 0 heterocycles. The van der Waals surface area contributed by atoms with Crippen LogP contribution in [0, 0.1) is 13.5 Å². The molecule has 0 aliphatic heterocycles. The van der Waals surface area contributed by atoms with Crippen molar-refractivity contribution in [1.29, 1.82) is 0 Å². The number of aliphatic hydroxyl groups excluding tert-OH is 2. The van der Waals surface area contributed by atoms with E-state index in [1.165, 1.54) is 35.0 Å². The molecule has 2 aromatic carbocycles. The van der Waals surface area contributed by atoms with Gasteiger partial charge in [-0.05, 0) is 0 Å². The Labute approximate surface area is 167 Å². The zero-order valence-corrected chi connectivity index (χ0v) is 17.4. The van der Waals surface area contributed by atoms with Crippen molar-refractivity contribution in [3.8, 4) is 0 Å². The van der Waals surface area contributed by atoms with Crippen LogP contribution in [0.4, 0.5) is 0 Å². The van der Waals surface area contributed by atoms with Gasteiger partial charge in [0.25, 0.3) is 0 Å². The summed E-state index contributed by atoms with van der Waals surface area (Å²) in [6.45, 7) is -0.250. The van der Waals surface area contributed by atoms with Crippen LogP contribution < -0.4 is 0 Å². The monoisotopic (exact) mass is 433 g/mol. The molecule has 130 valence electrons. The number of benzene rings is 1. The van der Waals surface area contributed by atoms with E-state index in [-0.39, 0.29) is 45.5 Å². The maximum absolute atomic E-state index is 7.62. The third-order valence-corrected chi connectivity index (χ3v) is 2.23. The van der Waals surface area contributed by atoms with Gasteiger partial charge in [-0.15, -0.1) is 60.9 Å². The van der Waals surface area contributed by atoms with E-state index in [1.54, 1.807) is 0 Å². The van der Waals surface area contributed by atoms with Gasteiger partial charge in [0.05, 0.1) is 13.2 Å². The molecule has 3 rings (SSSR count). The van der Waals surface area contributed by atoms with Gasteiger partial charge in [0.2, 0.25) is 0 Å². The van der Waals surface area contributed by atoms with Crippen molar-refractivity contribution >= 4 is 39.8 Å². The number of aliphatic hydroxyl groups is 2. The van der Waals surface area contributed by atoms with Crippen molar-refractivity contribution in [2.45, 2.75) is 6.42 Å². The molecule has 0 saturated heterocycles. The summed E-state index contributed by atoms with van der Waals surface area (Å²) in [5.74, 6) is 0. The largest absolute Gasteiger partial charge is 0.358 e. The van der Waals surface area contributed by atoms with Crippen LogP contribution in [0.2, 0.25) is 0 Å². The fraction of sp³-hybridized carbons (Fsp3) is 0.167. The van der Waals surface area contributed by atoms with E-state index in [0.717, 1.165) is 6.42 Å². The molecule has 5 heteroatoms. The summed E-state index contributed by atoms with van der Waals surface area (Å²) in [5, 5.41) is 17.9. The fourth-order valence-electron chi connectivity index (χ4n) is 1.41. The smallest absolute Gasteiger partial charge is 0.0809 e. The normalized spacial score (nSPS) is 9.26. The standard InChI is InChI=1S/C9H7.C5H5.C2H6O2.CH3.CH2.2ClH.Zr/c1-2-5-9-7-3-6-8(9)4-1;1-2-4-5-3-1;3-1-2-4;;;;;/h1-7H;1-3H,4H2;3-4H,1-2H2;1H3;1H2;2*1H;/q2*-1;;-1;;;;. The molecule has 1 aliphatic rings. The van der Waals surface area contributed by atoms with Crippen LogP contribution >= 0.6 is 24.8 Å². The van der Waals surface area contributed by atoms with Gasteiger partial charge in [-0.2, -0.15) is 23.6 Å². The molecular weight excluding hydrogens is 410 g/mol. The number of halogens is 2. The molecule has 0 atom stereocenters. The minimum absolute atomic E-state index is 0. The molecule has 2 nitrogen and oxygen atoms in total. The molecule has 0 unspecified atom stereocenters. The average Bonchev–Trinajstić information content (AvgIpc) is 3.23. The van der Waals surface area contributed by atoms with Crippen LogP contribution in [-0.4, -0.2) is 27.6 Å². The van der Waals surface area contributed by atoms with Gasteiger partial charge in [-0.3, -0.25) is 6.08 Å². The summed E-state index contributed by atoms with van der Waals surface area (Å²) in [4.78, 5) is 0. The molecule has 2 N–H and O–H groups in total. The SMILES string of the molecule is Cl.Cl.OCCO.[C-]1=CC=CC1.[CH2]=[Zr].[CH3-].c1ccc2[cH-]ccc2c1. The molecule has 0 fully saturated rings. The minimum Gasteiger partial charge on any atom is -0.358 e. The quantitative estimate of drug-likeness (QED) is 0.663. The van der Waals surface area contributed by atoms with Gasteiger partial charge < -0.3 is 17.6 Å². The summed E-state index contributed by atoms with van der Waals surface area (Å²) >= 11 is 1.30. The molecule has 1 aliphatic carbocycles. The number of fused-ring (bicyclic) bond motifs is 1. The van der Waals surface area contributed by atoms with Gasteiger partial charge in [-0.25, -0.2) is 12.2 Å². The molecule has 0 aromatic heterocycles. The van der Waals surface area contributed by atoms with Gasteiger partial charge >= 0.3 is 28.4 Å². The average molecular weight is 436 g/mol. The number of hydrogen-bond acceptors (Lipinski definition) is 2.